The lowest BCUT2D eigenvalue weighted by molar-refractivity contribution is -0.133. The van der Waals surface area contributed by atoms with Crippen LogP contribution in [0, 0.1) is 6.92 Å². The molecule has 1 N–H and O–H groups in total. The molecule has 0 bridgehead atoms. The summed E-state index contributed by atoms with van der Waals surface area (Å²) in [7, 11) is 0. The highest BCUT2D eigenvalue weighted by Gasteiger charge is 2.27. The average Bonchev–Trinajstić information content (AvgIpc) is 3.13. The van der Waals surface area contributed by atoms with Gasteiger partial charge < -0.3 is 5.11 Å². The molecule has 0 spiro atoms. The molecule has 1 atom stereocenters. The van der Waals surface area contributed by atoms with E-state index in [2.05, 4.69) is 21.6 Å². The largest absolute Gasteiger partial charge is 0.481 e. The Kier molecular flexibility index (Phi) is 4.17. The number of aryl methyl sites for hydroxylation is 2. The van der Waals surface area contributed by atoms with E-state index in [4.69, 9.17) is 5.11 Å². The third-order valence-corrected chi connectivity index (χ3v) is 5.69. The number of carbonyl (C=O) groups is 1. The summed E-state index contributed by atoms with van der Waals surface area (Å²) in [5.41, 5.74) is 2.85. The van der Waals surface area contributed by atoms with Gasteiger partial charge in [-0.25, -0.2) is 9.67 Å². The number of hydrogen-bond donors (Lipinski definition) is 1. The number of aromatic nitrogens is 4. The summed E-state index contributed by atoms with van der Waals surface area (Å²) in [6.45, 7) is 4.82. The molecular weight excluding hydrogens is 308 g/mol. The Labute approximate surface area is 131 Å². The zero-order valence-corrected chi connectivity index (χ0v) is 13.7. The predicted octanol–water partition coefficient (Wildman–Crippen LogP) is 2.42. The number of aliphatic carboxylic acids is 1. The Morgan fingerprint density at radius 2 is 2.38 bits per heavy atom. The molecule has 0 amide bonds. The van der Waals surface area contributed by atoms with Gasteiger partial charge in [0.05, 0.1) is 11.4 Å². The second kappa shape index (κ2) is 5.92. The lowest BCUT2D eigenvalue weighted by Gasteiger charge is -2.15. The van der Waals surface area contributed by atoms with Crippen LogP contribution in [0.25, 0.3) is 11.2 Å². The standard InChI is InChI=1S/C13H18N4O2S2/c1-3-16-12-11(8(2)15-16)14-13(21-7-10(18)19)17(12)9-4-5-20-6-9/h9H,3-7H2,1-2H3,(H,18,19). The van der Waals surface area contributed by atoms with Crippen molar-refractivity contribution in [1.29, 1.82) is 0 Å². The summed E-state index contributed by atoms with van der Waals surface area (Å²) in [5, 5.41) is 14.3. The number of hydrogen-bond acceptors (Lipinski definition) is 5. The number of carboxylic acids is 1. The smallest absolute Gasteiger partial charge is 0.313 e. The molecule has 3 rings (SSSR count). The van der Waals surface area contributed by atoms with E-state index in [-0.39, 0.29) is 5.75 Å². The molecule has 2 aromatic heterocycles. The van der Waals surface area contributed by atoms with Crippen molar-refractivity contribution in [3.05, 3.63) is 5.69 Å². The molecule has 1 saturated heterocycles. The summed E-state index contributed by atoms with van der Waals surface area (Å²) in [4.78, 5) is 15.5. The zero-order chi connectivity index (χ0) is 15.0. The van der Waals surface area contributed by atoms with Crippen LogP contribution < -0.4 is 0 Å². The summed E-state index contributed by atoms with van der Waals surface area (Å²) >= 11 is 3.24. The van der Waals surface area contributed by atoms with Crippen LogP contribution in [-0.4, -0.2) is 47.7 Å². The maximum absolute atomic E-state index is 10.9. The quantitative estimate of drug-likeness (QED) is 0.851. The van der Waals surface area contributed by atoms with Gasteiger partial charge in [0.25, 0.3) is 0 Å². The predicted molar refractivity (Wildman–Crippen MR) is 85.3 cm³/mol. The number of carboxylic acid groups (broad SMARTS) is 1. The van der Waals surface area contributed by atoms with Gasteiger partial charge in [-0.05, 0) is 26.0 Å². The molecule has 1 unspecified atom stereocenters. The third-order valence-electron chi connectivity index (χ3n) is 3.61. The highest BCUT2D eigenvalue weighted by molar-refractivity contribution is 8.00. The molecule has 8 heteroatoms. The van der Waals surface area contributed by atoms with Crippen molar-refractivity contribution in [2.45, 2.75) is 38.0 Å². The van der Waals surface area contributed by atoms with Gasteiger partial charge in [-0.15, -0.1) is 0 Å². The van der Waals surface area contributed by atoms with Crippen LogP contribution in [0.5, 0.6) is 0 Å². The van der Waals surface area contributed by atoms with Crippen LogP contribution in [0.3, 0.4) is 0 Å². The van der Waals surface area contributed by atoms with Gasteiger partial charge in [-0.3, -0.25) is 9.36 Å². The van der Waals surface area contributed by atoms with Crippen molar-refractivity contribution in [1.82, 2.24) is 19.3 Å². The highest BCUT2D eigenvalue weighted by atomic mass is 32.2. The van der Waals surface area contributed by atoms with E-state index in [9.17, 15) is 4.79 Å². The van der Waals surface area contributed by atoms with E-state index in [0.717, 1.165) is 46.5 Å². The van der Waals surface area contributed by atoms with Crippen molar-refractivity contribution in [2.75, 3.05) is 17.3 Å². The van der Waals surface area contributed by atoms with E-state index in [1.807, 2.05) is 23.4 Å². The van der Waals surface area contributed by atoms with Gasteiger partial charge in [0.1, 0.15) is 5.52 Å². The molecule has 2 aromatic rings. The van der Waals surface area contributed by atoms with E-state index >= 15 is 0 Å². The van der Waals surface area contributed by atoms with Crippen LogP contribution in [0.1, 0.15) is 25.1 Å². The number of rotatable bonds is 5. The Morgan fingerprint density at radius 1 is 1.57 bits per heavy atom. The Hall–Kier alpha value is -1.15. The summed E-state index contributed by atoms with van der Waals surface area (Å²) in [6, 6.07) is 0.387. The Balaban J connectivity index is 2.11. The number of nitrogens with zero attached hydrogens (tertiary/aromatic N) is 4. The first-order valence-electron chi connectivity index (χ1n) is 6.99. The van der Waals surface area contributed by atoms with Crippen LogP contribution in [-0.2, 0) is 11.3 Å². The zero-order valence-electron chi connectivity index (χ0n) is 12.1. The second-order valence-electron chi connectivity index (χ2n) is 5.04. The van der Waals surface area contributed by atoms with Gasteiger partial charge in [0.2, 0.25) is 0 Å². The van der Waals surface area contributed by atoms with Gasteiger partial charge in [-0.1, -0.05) is 11.8 Å². The third kappa shape index (κ3) is 2.66. The van der Waals surface area contributed by atoms with E-state index in [0.29, 0.717) is 6.04 Å². The van der Waals surface area contributed by atoms with Gasteiger partial charge in [0, 0.05) is 18.3 Å². The van der Waals surface area contributed by atoms with Crippen LogP contribution in [0.4, 0.5) is 0 Å². The van der Waals surface area contributed by atoms with E-state index in [1.54, 1.807) is 0 Å². The van der Waals surface area contributed by atoms with Crippen molar-refractivity contribution < 1.29 is 9.90 Å². The summed E-state index contributed by atoms with van der Waals surface area (Å²) in [6.07, 6.45) is 1.10. The van der Waals surface area contributed by atoms with Crippen molar-refractivity contribution in [2.24, 2.45) is 0 Å². The monoisotopic (exact) mass is 326 g/mol. The van der Waals surface area contributed by atoms with Crippen molar-refractivity contribution in [3.63, 3.8) is 0 Å². The molecule has 1 fully saturated rings. The minimum Gasteiger partial charge on any atom is -0.481 e. The number of fused-ring (bicyclic) bond motifs is 1. The van der Waals surface area contributed by atoms with Gasteiger partial charge in [0.15, 0.2) is 10.8 Å². The molecule has 0 aromatic carbocycles. The molecule has 1 aliphatic rings. The molecule has 114 valence electrons. The summed E-state index contributed by atoms with van der Waals surface area (Å²) < 4.78 is 4.19. The lowest BCUT2D eigenvalue weighted by atomic mass is 10.2. The molecule has 0 saturated carbocycles. The first-order valence-corrected chi connectivity index (χ1v) is 9.13. The molecule has 0 aliphatic carbocycles. The van der Waals surface area contributed by atoms with Gasteiger partial charge in [-0.2, -0.15) is 16.9 Å². The second-order valence-corrected chi connectivity index (χ2v) is 7.13. The van der Waals surface area contributed by atoms with Crippen molar-refractivity contribution in [3.8, 4) is 0 Å². The fourth-order valence-electron chi connectivity index (χ4n) is 2.67. The molecule has 21 heavy (non-hydrogen) atoms. The SMILES string of the molecule is CCn1nc(C)c2nc(SCC(=O)O)n(C3CCSC3)c21. The van der Waals surface area contributed by atoms with Gasteiger partial charge >= 0.3 is 5.97 Å². The normalized spacial score (nSPS) is 18.7. The molecule has 1 aliphatic heterocycles. The molecule has 6 nitrogen and oxygen atoms in total. The topological polar surface area (TPSA) is 72.9 Å². The molecule has 3 heterocycles. The number of thioether (sulfide) groups is 2. The van der Waals surface area contributed by atoms with E-state index < -0.39 is 5.97 Å². The first-order chi connectivity index (χ1) is 10.1. The maximum atomic E-state index is 10.9. The highest BCUT2D eigenvalue weighted by Crippen LogP contribution is 2.36. The van der Waals surface area contributed by atoms with Crippen LogP contribution in [0.15, 0.2) is 5.16 Å². The number of imidazole rings is 1. The van der Waals surface area contributed by atoms with Crippen LogP contribution >= 0.6 is 23.5 Å². The maximum Gasteiger partial charge on any atom is 0.313 e. The average molecular weight is 326 g/mol. The Morgan fingerprint density at radius 3 is 3.00 bits per heavy atom. The van der Waals surface area contributed by atoms with E-state index in [1.165, 1.54) is 11.8 Å². The Bertz CT molecular complexity index is 673. The van der Waals surface area contributed by atoms with Crippen molar-refractivity contribution >= 4 is 40.7 Å². The molecule has 0 radical (unpaired) electrons. The first kappa shape index (κ1) is 14.8. The minimum absolute atomic E-state index is 0.0398. The lowest BCUT2D eigenvalue weighted by Crippen LogP contribution is -2.13. The fraction of sp³-hybridized carbons (Fsp3) is 0.615. The molecular formula is C13H18N4O2S2. The van der Waals surface area contributed by atoms with Crippen LogP contribution in [0.2, 0.25) is 0 Å². The minimum atomic E-state index is -0.812. The summed E-state index contributed by atoms with van der Waals surface area (Å²) in [5.74, 6) is 1.43. The fourth-order valence-corrected chi connectivity index (χ4v) is 4.65.